The standard InChI is InChI=1S/C15H13BrFNO3/c1-19-13-5-10(17)2-3-12(13)18-7-9-4-14-15(6-11(9)16)21-8-20-14/h2-6,18H,7-8H2,1H3. The van der Waals surface area contributed by atoms with Crippen LogP contribution in [0.15, 0.2) is 34.8 Å². The van der Waals surface area contributed by atoms with E-state index in [-0.39, 0.29) is 12.6 Å². The highest BCUT2D eigenvalue weighted by Crippen LogP contribution is 2.37. The van der Waals surface area contributed by atoms with Crippen LogP contribution in [-0.2, 0) is 6.54 Å². The molecule has 1 aliphatic heterocycles. The van der Waals surface area contributed by atoms with Gasteiger partial charge in [0.2, 0.25) is 6.79 Å². The molecule has 3 rings (SSSR count). The summed E-state index contributed by atoms with van der Waals surface area (Å²) in [5, 5.41) is 3.22. The van der Waals surface area contributed by atoms with Crippen LogP contribution >= 0.6 is 15.9 Å². The summed E-state index contributed by atoms with van der Waals surface area (Å²) < 4.78 is 29.9. The number of ether oxygens (including phenoxy) is 3. The number of hydrogen-bond donors (Lipinski definition) is 1. The van der Waals surface area contributed by atoms with Crippen molar-refractivity contribution in [3.8, 4) is 17.2 Å². The van der Waals surface area contributed by atoms with E-state index in [1.54, 1.807) is 6.07 Å². The Bertz CT molecular complexity index is 678. The first-order valence-electron chi connectivity index (χ1n) is 6.33. The van der Waals surface area contributed by atoms with Gasteiger partial charge in [-0.3, -0.25) is 0 Å². The van der Waals surface area contributed by atoms with Crippen LogP contribution in [0.4, 0.5) is 10.1 Å². The molecule has 0 atom stereocenters. The molecule has 0 saturated heterocycles. The molecule has 0 saturated carbocycles. The average Bonchev–Trinajstić information content (AvgIpc) is 2.92. The number of anilines is 1. The molecule has 2 aromatic rings. The average molecular weight is 354 g/mol. The van der Waals surface area contributed by atoms with E-state index in [0.29, 0.717) is 12.3 Å². The summed E-state index contributed by atoms with van der Waals surface area (Å²) >= 11 is 3.50. The van der Waals surface area contributed by atoms with Gasteiger partial charge >= 0.3 is 0 Å². The molecule has 1 N–H and O–H groups in total. The van der Waals surface area contributed by atoms with Gasteiger partial charge in [-0.2, -0.15) is 0 Å². The first kappa shape index (κ1) is 14.0. The molecule has 1 aliphatic rings. The third-order valence-electron chi connectivity index (χ3n) is 3.17. The van der Waals surface area contributed by atoms with Gasteiger partial charge in [-0.05, 0) is 29.8 Å². The van der Waals surface area contributed by atoms with Crippen molar-refractivity contribution in [1.82, 2.24) is 0 Å². The van der Waals surface area contributed by atoms with Crippen LogP contribution in [0.1, 0.15) is 5.56 Å². The third-order valence-corrected chi connectivity index (χ3v) is 3.91. The molecular formula is C15H13BrFNO3. The van der Waals surface area contributed by atoms with Crippen molar-refractivity contribution in [3.63, 3.8) is 0 Å². The molecule has 110 valence electrons. The molecule has 6 heteroatoms. The molecule has 0 bridgehead atoms. The predicted octanol–water partition coefficient (Wildman–Crippen LogP) is 3.94. The largest absolute Gasteiger partial charge is 0.494 e. The molecule has 0 aromatic heterocycles. The van der Waals surface area contributed by atoms with Gasteiger partial charge in [0.15, 0.2) is 11.5 Å². The molecule has 1 heterocycles. The smallest absolute Gasteiger partial charge is 0.231 e. The minimum atomic E-state index is -0.332. The Morgan fingerprint density at radius 3 is 2.76 bits per heavy atom. The molecule has 0 amide bonds. The molecular weight excluding hydrogens is 341 g/mol. The molecule has 21 heavy (non-hydrogen) atoms. The molecule has 0 aliphatic carbocycles. The summed E-state index contributed by atoms with van der Waals surface area (Å²) in [4.78, 5) is 0. The second-order valence-electron chi connectivity index (χ2n) is 4.50. The number of rotatable bonds is 4. The summed E-state index contributed by atoms with van der Waals surface area (Å²) in [7, 11) is 1.51. The topological polar surface area (TPSA) is 39.7 Å². The van der Waals surface area contributed by atoms with Gasteiger partial charge in [0, 0.05) is 17.1 Å². The number of hydrogen-bond acceptors (Lipinski definition) is 4. The van der Waals surface area contributed by atoms with Crippen molar-refractivity contribution in [2.45, 2.75) is 6.54 Å². The fourth-order valence-corrected chi connectivity index (χ4v) is 2.56. The van der Waals surface area contributed by atoms with Crippen molar-refractivity contribution < 1.29 is 18.6 Å². The number of halogens is 2. The van der Waals surface area contributed by atoms with Gasteiger partial charge in [-0.1, -0.05) is 15.9 Å². The van der Waals surface area contributed by atoms with Gasteiger partial charge in [-0.25, -0.2) is 4.39 Å². The summed E-state index contributed by atoms with van der Waals surface area (Å²) in [6.07, 6.45) is 0. The van der Waals surface area contributed by atoms with Crippen LogP contribution in [-0.4, -0.2) is 13.9 Å². The van der Waals surface area contributed by atoms with Crippen LogP contribution in [0.5, 0.6) is 17.2 Å². The number of nitrogens with one attached hydrogen (secondary N) is 1. The van der Waals surface area contributed by atoms with Gasteiger partial charge in [0.1, 0.15) is 11.6 Å². The Hall–Kier alpha value is -1.95. The number of fused-ring (bicyclic) bond motifs is 1. The van der Waals surface area contributed by atoms with Crippen molar-refractivity contribution in [3.05, 3.63) is 46.2 Å². The van der Waals surface area contributed by atoms with E-state index < -0.39 is 0 Å². The highest BCUT2D eigenvalue weighted by atomic mass is 79.9. The van der Waals surface area contributed by atoms with E-state index in [2.05, 4.69) is 21.2 Å². The molecule has 0 spiro atoms. The van der Waals surface area contributed by atoms with E-state index >= 15 is 0 Å². The first-order valence-corrected chi connectivity index (χ1v) is 7.12. The quantitative estimate of drug-likeness (QED) is 0.903. The monoisotopic (exact) mass is 353 g/mol. The minimum absolute atomic E-state index is 0.241. The second-order valence-corrected chi connectivity index (χ2v) is 5.35. The second kappa shape index (κ2) is 5.81. The maximum Gasteiger partial charge on any atom is 0.231 e. The minimum Gasteiger partial charge on any atom is -0.494 e. The Balaban J connectivity index is 1.79. The van der Waals surface area contributed by atoms with Crippen molar-refractivity contribution in [1.29, 1.82) is 0 Å². The lowest BCUT2D eigenvalue weighted by molar-refractivity contribution is 0.174. The number of benzene rings is 2. The molecule has 0 unspecified atom stereocenters. The maximum absolute atomic E-state index is 13.2. The van der Waals surface area contributed by atoms with E-state index in [1.165, 1.54) is 19.2 Å². The Morgan fingerprint density at radius 2 is 2.00 bits per heavy atom. The highest BCUT2D eigenvalue weighted by Gasteiger charge is 2.16. The predicted molar refractivity (Wildman–Crippen MR) is 80.5 cm³/mol. The van der Waals surface area contributed by atoms with Crippen molar-refractivity contribution >= 4 is 21.6 Å². The van der Waals surface area contributed by atoms with Crippen molar-refractivity contribution in [2.75, 3.05) is 19.2 Å². The Morgan fingerprint density at radius 1 is 1.24 bits per heavy atom. The number of methoxy groups -OCH3 is 1. The van der Waals surface area contributed by atoms with Crippen LogP contribution in [0.2, 0.25) is 0 Å². The van der Waals surface area contributed by atoms with Crippen LogP contribution in [0.25, 0.3) is 0 Å². The van der Waals surface area contributed by atoms with E-state index in [1.807, 2.05) is 12.1 Å². The summed E-state index contributed by atoms with van der Waals surface area (Å²) in [6, 6.07) is 8.17. The summed E-state index contributed by atoms with van der Waals surface area (Å²) in [5.41, 5.74) is 1.73. The molecule has 2 aromatic carbocycles. The van der Waals surface area contributed by atoms with E-state index in [9.17, 15) is 4.39 Å². The van der Waals surface area contributed by atoms with E-state index in [0.717, 1.165) is 27.2 Å². The van der Waals surface area contributed by atoms with Crippen LogP contribution < -0.4 is 19.5 Å². The fraction of sp³-hybridized carbons (Fsp3) is 0.200. The normalized spacial score (nSPS) is 12.3. The Labute approximate surface area is 130 Å². The zero-order valence-electron chi connectivity index (χ0n) is 11.3. The van der Waals surface area contributed by atoms with E-state index in [4.69, 9.17) is 14.2 Å². The van der Waals surface area contributed by atoms with Crippen molar-refractivity contribution in [2.24, 2.45) is 0 Å². The highest BCUT2D eigenvalue weighted by molar-refractivity contribution is 9.10. The zero-order chi connectivity index (χ0) is 14.8. The fourth-order valence-electron chi connectivity index (χ4n) is 2.10. The van der Waals surface area contributed by atoms with Crippen LogP contribution in [0, 0.1) is 5.82 Å². The Kier molecular flexibility index (Phi) is 3.88. The third kappa shape index (κ3) is 2.90. The van der Waals surface area contributed by atoms with Gasteiger partial charge in [0.05, 0.1) is 12.8 Å². The van der Waals surface area contributed by atoms with Gasteiger partial charge in [-0.15, -0.1) is 0 Å². The summed E-state index contributed by atoms with van der Waals surface area (Å²) in [5.74, 6) is 1.58. The zero-order valence-corrected chi connectivity index (χ0v) is 12.9. The van der Waals surface area contributed by atoms with Gasteiger partial charge in [0.25, 0.3) is 0 Å². The van der Waals surface area contributed by atoms with Gasteiger partial charge < -0.3 is 19.5 Å². The van der Waals surface area contributed by atoms with Crippen LogP contribution in [0.3, 0.4) is 0 Å². The lowest BCUT2D eigenvalue weighted by Crippen LogP contribution is -2.02. The molecule has 0 fully saturated rings. The maximum atomic E-state index is 13.2. The SMILES string of the molecule is COc1cc(F)ccc1NCc1cc2c(cc1Br)OCO2. The summed E-state index contributed by atoms with van der Waals surface area (Å²) in [6.45, 7) is 0.781. The molecule has 4 nitrogen and oxygen atoms in total. The molecule has 0 radical (unpaired) electrons. The lowest BCUT2D eigenvalue weighted by atomic mass is 10.2. The first-order chi connectivity index (χ1) is 10.2. The lowest BCUT2D eigenvalue weighted by Gasteiger charge is -2.12.